The molecule has 1 heterocycles. The summed E-state index contributed by atoms with van der Waals surface area (Å²) in [6.45, 7) is 1.81. The van der Waals surface area contributed by atoms with Crippen molar-refractivity contribution in [2.45, 2.75) is 18.4 Å². The Labute approximate surface area is 187 Å². The second kappa shape index (κ2) is 9.84. The Kier molecular flexibility index (Phi) is 7.16. The van der Waals surface area contributed by atoms with Crippen LogP contribution in [-0.2, 0) is 21.4 Å². The van der Waals surface area contributed by atoms with Crippen LogP contribution in [0.15, 0.2) is 59.8 Å². The summed E-state index contributed by atoms with van der Waals surface area (Å²) in [5.74, 6) is 1.11. The molecule has 0 fully saturated rings. The highest BCUT2D eigenvalue weighted by molar-refractivity contribution is 7.89. The number of nitrogens with one attached hydrogen (secondary N) is 1. The van der Waals surface area contributed by atoms with Gasteiger partial charge >= 0.3 is 0 Å². The van der Waals surface area contributed by atoms with Gasteiger partial charge in [0, 0.05) is 32.1 Å². The van der Waals surface area contributed by atoms with Crippen LogP contribution >= 0.6 is 0 Å². The molecule has 0 bridgehead atoms. The molecule has 10 heteroatoms. The average molecular weight is 459 g/mol. The van der Waals surface area contributed by atoms with Crippen molar-refractivity contribution >= 4 is 15.9 Å². The van der Waals surface area contributed by atoms with Gasteiger partial charge in [-0.3, -0.25) is 4.79 Å². The SMILES string of the molecule is COc1ccc(S(=O)(=O)N(C)CC(=O)NCc2ccccc2-n2ccnc2C)cc1OC. The predicted molar refractivity (Wildman–Crippen MR) is 120 cm³/mol. The number of imidazole rings is 1. The molecule has 0 saturated carbocycles. The lowest BCUT2D eigenvalue weighted by Gasteiger charge is -2.18. The largest absolute Gasteiger partial charge is 0.493 e. The van der Waals surface area contributed by atoms with Crippen LogP contribution in [0.1, 0.15) is 11.4 Å². The highest BCUT2D eigenvalue weighted by atomic mass is 32.2. The van der Waals surface area contributed by atoms with Gasteiger partial charge in [-0.05, 0) is 30.7 Å². The Hall–Kier alpha value is -3.37. The van der Waals surface area contributed by atoms with E-state index in [0.717, 1.165) is 21.4 Å². The maximum absolute atomic E-state index is 12.9. The number of aromatic nitrogens is 2. The molecule has 0 atom stereocenters. The number of benzene rings is 2. The second-order valence-corrected chi connectivity index (χ2v) is 9.07. The van der Waals surface area contributed by atoms with Gasteiger partial charge in [0.25, 0.3) is 0 Å². The second-order valence-electron chi connectivity index (χ2n) is 7.03. The van der Waals surface area contributed by atoms with Crippen molar-refractivity contribution in [2.24, 2.45) is 0 Å². The van der Waals surface area contributed by atoms with Crippen molar-refractivity contribution in [1.82, 2.24) is 19.2 Å². The molecule has 0 aliphatic heterocycles. The van der Waals surface area contributed by atoms with Crippen molar-refractivity contribution < 1.29 is 22.7 Å². The van der Waals surface area contributed by atoms with E-state index in [-0.39, 0.29) is 23.7 Å². The number of ether oxygens (including phenoxy) is 2. The maximum Gasteiger partial charge on any atom is 0.243 e. The fraction of sp³-hybridized carbons (Fsp3) is 0.273. The number of carbonyl (C=O) groups excluding carboxylic acids is 1. The van der Waals surface area contributed by atoms with Gasteiger partial charge < -0.3 is 19.4 Å². The van der Waals surface area contributed by atoms with E-state index < -0.39 is 15.9 Å². The lowest BCUT2D eigenvalue weighted by molar-refractivity contribution is -0.121. The lowest BCUT2D eigenvalue weighted by atomic mass is 10.1. The van der Waals surface area contributed by atoms with Crippen molar-refractivity contribution in [3.63, 3.8) is 0 Å². The van der Waals surface area contributed by atoms with Crippen molar-refractivity contribution in [3.8, 4) is 17.2 Å². The van der Waals surface area contributed by atoms with Gasteiger partial charge in [0.05, 0.1) is 31.3 Å². The first kappa shape index (κ1) is 23.3. The molecule has 9 nitrogen and oxygen atoms in total. The van der Waals surface area contributed by atoms with Crippen LogP contribution in [0.5, 0.6) is 11.5 Å². The number of sulfonamides is 1. The third-order valence-corrected chi connectivity index (χ3v) is 6.78. The van der Waals surface area contributed by atoms with Crippen molar-refractivity contribution in [2.75, 3.05) is 27.8 Å². The predicted octanol–water partition coefficient (Wildman–Crippen LogP) is 2.13. The Morgan fingerprint density at radius 2 is 1.84 bits per heavy atom. The lowest BCUT2D eigenvalue weighted by Crippen LogP contribution is -2.38. The molecule has 0 unspecified atom stereocenters. The number of methoxy groups -OCH3 is 2. The van der Waals surface area contributed by atoms with Crippen LogP contribution in [0.25, 0.3) is 5.69 Å². The smallest absolute Gasteiger partial charge is 0.243 e. The van der Waals surface area contributed by atoms with Crippen LogP contribution in [-0.4, -0.2) is 56.0 Å². The molecule has 2 aromatic carbocycles. The van der Waals surface area contributed by atoms with Crippen molar-refractivity contribution in [3.05, 3.63) is 66.2 Å². The van der Waals surface area contributed by atoms with Crippen LogP contribution in [0, 0.1) is 6.92 Å². The molecule has 0 aliphatic carbocycles. The Morgan fingerprint density at radius 1 is 1.12 bits per heavy atom. The van der Waals surface area contributed by atoms with Crippen molar-refractivity contribution in [1.29, 1.82) is 0 Å². The zero-order chi connectivity index (χ0) is 23.3. The fourth-order valence-corrected chi connectivity index (χ4v) is 4.36. The minimum atomic E-state index is -3.90. The molecule has 0 aliphatic rings. The van der Waals surface area contributed by atoms with E-state index in [4.69, 9.17) is 9.47 Å². The summed E-state index contributed by atoms with van der Waals surface area (Å²) in [7, 11) is 0.348. The van der Waals surface area contributed by atoms with Gasteiger partial charge in [-0.25, -0.2) is 13.4 Å². The van der Waals surface area contributed by atoms with Gasteiger partial charge in [0.1, 0.15) is 5.82 Å². The number of para-hydroxylation sites is 1. The fourth-order valence-electron chi connectivity index (χ4n) is 3.22. The van der Waals surface area contributed by atoms with E-state index in [1.165, 1.54) is 39.5 Å². The molecule has 0 spiro atoms. The number of rotatable bonds is 9. The number of carbonyl (C=O) groups is 1. The van der Waals surface area contributed by atoms with E-state index in [1.54, 1.807) is 6.20 Å². The van der Waals surface area contributed by atoms with Crippen LogP contribution in [0.2, 0.25) is 0 Å². The molecular weight excluding hydrogens is 432 g/mol. The van der Waals surface area contributed by atoms with Gasteiger partial charge in [-0.2, -0.15) is 4.31 Å². The standard InChI is InChI=1S/C22H26N4O5S/c1-16-23-11-12-26(16)19-8-6-5-7-17(19)14-24-22(27)15-25(2)32(28,29)18-9-10-20(30-3)21(13-18)31-4/h5-13H,14-15H2,1-4H3,(H,24,27). The zero-order valence-electron chi connectivity index (χ0n) is 18.4. The first-order valence-corrected chi connectivity index (χ1v) is 11.2. The minimum Gasteiger partial charge on any atom is -0.493 e. The molecular formula is C22H26N4O5S. The van der Waals surface area contributed by atoms with Gasteiger partial charge in [0.15, 0.2) is 11.5 Å². The summed E-state index contributed by atoms with van der Waals surface area (Å²) in [5, 5.41) is 2.79. The molecule has 0 radical (unpaired) electrons. The number of likely N-dealkylation sites (N-methyl/N-ethyl adjacent to an activating group) is 1. The molecule has 1 aromatic heterocycles. The summed E-state index contributed by atoms with van der Waals surface area (Å²) in [6.07, 6.45) is 3.55. The normalized spacial score (nSPS) is 11.4. The van der Waals surface area contributed by atoms with Gasteiger partial charge in [-0.1, -0.05) is 18.2 Å². The number of aryl methyl sites for hydroxylation is 1. The summed E-state index contributed by atoms with van der Waals surface area (Å²) in [5.41, 5.74) is 1.78. The van der Waals surface area contributed by atoms with E-state index in [9.17, 15) is 13.2 Å². The number of amides is 1. The van der Waals surface area contributed by atoms with Crippen LogP contribution in [0.4, 0.5) is 0 Å². The van der Waals surface area contributed by atoms with E-state index in [0.29, 0.717) is 5.75 Å². The monoisotopic (exact) mass is 458 g/mol. The summed E-state index contributed by atoms with van der Waals surface area (Å²) in [4.78, 5) is 16.8. The third-order valence-electron chi connectivity index (χ3n) is 4.98. The maximum atomic E-state index is 12.9. The first-order chi connectivity index (χ1) is 15.3. The Balaban J connectivity index is 1.69. The molecule has 3 aromatic rings. The number of hydrogen-bond acceptors (Lipinski definition) is 6. The molecule has 1 N–H and O–H groups in total. The number of hydrogen-bond donors (Lipinski definition) is 1. The Bertz CT molecular complexity index is 1210. The zero-order valence-corrected chi connectivity index (χ0v) is 19.2. The highest BCUT2D eigenvalue weighted by Crippen LogP contribution is 2.30. The molecule has 0 saturated heterocycles. The molecule has 1 amide bonds. The van der Waals surface area contributed by atoms with Gasteiger partial charge in [0.2, 0.25) is 15.9 Å². The highest BCUT2D eigenvalue weighted by Gasteiger charge is 2.24. The average Bonchev–Trinajstić information content (AvgIpc) is 3.22. The number of nitrogens with zero attached hydrogens (tertiary/aromatic N) is 3. The summed E-state index contributed by atoms with van der Waals surface area (Å²) in [6, 6.07) is 11.9. The van der Waals surface area contributed by atoms with E-state index in [2.05, 4.69) is 10.3 Å². The summed E-state index contributed by atoms with van der Waals surface area (Å²) < 4.78 is 39.0. The quantitative estimate of drug-likeness (QED) is 0.527. The third kappa shape index (κ3) is 4.92. The summed E-state index contributed by atoms with van der Waals surface area (Å²) >= 11 is 0. The van der Waals surface area contributed by atoms with Crippen LogP contribution < -0.4 is 14.8 Å². The molecule has 170 valence electrons. The topological polar surface area (TPSA) is 103 Å². The van der Waals surface area contributed by atoms with E-state index >= 15 is 0 Å². The minimum absolute atomic E-state index is 0.00591. The van der Waals surface area contributed by atoms with Crippen LogP contribution in [0.3, 0.4) is 0 Å². The molecule has 3 rings (SSSR count). The first-order valence-electron chi connectivity index (χ1n) is 9.81. The van der Waals surface area contributed by atoms with E-state index in [1.807, 2.05) is 42.0 Å². The van der Waals surface area contributed by atoms with Gasteiger partial charge in [-0.15, -0.1) is 0 Å². The Morgan fingerprint density at radius 3 is 2.50 bits per heavy atom. The molecule has 32 heavy (non-hydrogen) atoms.